The number of hydrogen-bond donors (Lipinski definition) is 1. The Morgan fingerprint density at radius 1 is 1.53 bits per heavy atom. The summed E-state index contributed by atoms with van der Waals surface area (Å²) in [6.07, 6.45) is 1.40. The average Bonchev–Trinajstić information content (AvgIpc) is 2.76. The summed E-state index contributed by atoms with van der Waals surface area (Å²) in [7, 11) is 1.73. The number of nitrogens with one attached hydrogen (secondary N) is 1. The van der Waals surface area contributed by atoms with Gasteiger partial charge in [-0.25, -0.2) is 4.68 Å². The normalized spacial score (nSPS) is 10.3. The van der Waals surface area contributed by atoms with E-state index in [1.807, 2.05) is 17.7 Å². The number of carbonyl (C=O) groups excluding carboxylic acids is 1. The monoisotopic (exact) mass is 222 g/mol. The predicted molar refractivity (Wildman–Crippen MR) is 58.0 cm³/mol. The first kappa shape index (κ1) is 9.85. The lowest BCUT2D eigenvalue weighted by Crippen LogP contribution is -2.15. The first-order valence-electron chi connectivity index (χ1n) is 4.36. The molecule has 1 N–H and O–H groups in total. The lowest BCUT2D eigenvalue weighted by Gasteiger charge is -2.02. The van der Waals surface area contributed by atoms with Gasteiger partial charge < -0.3 is 0 Å². The SMILES string of the molecule is Cc1cscc1C(=O)Nc1ncnn1C. The average molecular weight is 222 g/mol. The highest BCUT2D eigenvalue weighted by atomic mass is 32.1. The Balaban J connectivity index is 2.18. The van der Waals surface area contributed by atoms with Gasteiger partial charge in [-0.3, -0.25) is 10.1 Å². The number of anilines is 1. The second kappa shape index (κ2) is 3.82. The zero-order valence-electron chi connectivity index (χ0n) is 8.39. The van der Waals surface area contributed by atoms with Crippen LogP contribution in [0.3, 0.4) is 0 Å². The highest BCUT2D eigenvalue weighted by molar-refractivity contribution is 7.08. The highest BCUT2D eigenvalue weighted by Gasteiger charge is 2.11. The van der Waals surface area contributed by atoms with E-state index in [-0.39, 0.29) is 5.91 Å². The summed E-state index contributed by atoms with van der Waals surface area (Å²) in [6, 6.07) is 0. The van der Waals surface area contributed by atoms with E-state index in [0.29, 0.717) is 11.5 Å². The van der Waals surface area contributed by atoms with E-state index >= 15 is 0 Å². The summed E-state index contributed by atoms with van der Waals surface area (Å²) in [5.41, 5.74) is 1.66. The number of aromatic nitrogens is 3. The van der Waals surface area contributed by atoms with Crippen LogP contribution in [-0.4, -0.2) is 20.7 Å². The van der Waals surface area contributed by atoms with Gasteiger partial charge in [0, 0.05) is 12.4 Å². The molecular weight excluding hydrogens is 212 g/mol. The minimum Gasteiger partial charge on any atom is -0.291 e. The topological polar surface area (TPSA) is 59.8 Å². The maximum absolute atomic E-state index is 11.8. The zero-order chi connectivity index (χ0) is 10.8. The fourth-order valence-electron chi connectivity index (χ4n) is 1.17. The van der Waals surface area contributed by atoms with Gasteiger partial charge in [-0.15, -0.1) is 0 Å². The van der Waals surface area contributed by atoms with Crippen LogP contribution >= 0.6 is 11.3 Å². The smallest absolute Gasteiger partial charge is 0.259 e. The third kappa shape index (κ3) is 1.89. The Bertz CT molecular complexity index is 488. The van der Waals surface area contributed by atoms with Crippen LogP contribution in [0.4, 0.5) is 5.95 Å². The van der Waals surface area contributed by atoms with Gasteiger partial charge in [-0.05, 0) is 17.9 Å². The molecule has 1 amide bonds. The van der Waals surface area contributed by atoms with Crippen molar-refractivity contribution in [2.75, 3.05) is 5.32 Å². The van der Waals surface area contributed by atoms with Crippen molar-refractivity contribution in [3.05, 3.63) is 28.2 Å². The quantitative estimate of drug-likeness (QED) is 0.836. The molecule has 78 valence electrons. The summed E-state index contributed by atoms with van der Waals surface area (Å²) in [5, 5.41) is 10.3. The highest BCUT2D eigenvalue weighted by Crippen LogP contribution is 2.14. The van der Waals surface area contributed by atoms with E-state index in [2.05, 4.69) is 15.4 Å². The second-order valence-electron chi connectivity index (χ2n) is 3.13. The summed E-state index contributed by atoms with van der Waals surface area (Å²) in [6.45, 7) is 1.90. The maximum atomic E-state index is 11.8. The molecule has 2 aromatic rings. The number of nitrogens with zero attached hydrogens (tertiary/aromatic N) is 3. The van der Waals surface area contributed by atoms with E-state index < -0.39 is 0 Å². The van der Waals surface area contributed by atoms with Crippen molar-refractivity contribution in [2.45, 2.75) is 6.92 Å². The zero-order valence-corrected chi connectivity index (χ0v) is 9.21. The van der Waals surface area contributed by atoms with Crippen LogP contribution in [0.5, 0.6) is 0 Å². The molecule has 2 rings (SSSR count). The van der Waals surface area contributed by atoms with E-state index in [4.69, 9.17) is 0 Å². The molecule has 0 aliphatic carbocycles. The lowest BCUT2D eigenvalue weighted by molar-refractivity contribution is 0.102. The molecule has 0 aliphatic heterocycles. The summed E-state index contributed by atoms with van der Waals surface area (Å²) in [4.78, 5) is 15.7. The van der Waals surface area contributed by atoms with Gasteiger partial charge in [0.1, 0.15) is 6.33 Å². The third-order valence-electron chi connectivity index (χ3n) is 2.04. The van der Waals surface area contributed by atoms with Crippen LogP contribution in [0, 0.1) is 6.92 Å². The molecule has 2 heterocycles. The summed E-state index contributed by atoms with van der Waals surface area (Å²) < 4.78 is 1.51. The van der Waals surface area contributed by atoms with Gasteiger partial charge in [0.05, 0.1) is 5.56 Å². The molecular formula is C9H10N4OS. The molecule has 0 radical (unpaired) electrons. The van der Waals surface area contributed by atoms with Gasteiger partial charge in [0.15, 0.2) is 0 Å². The lowest BCUT2D eigenvalue weighted by atomic mass is 10.2. The molecule has 5 nitrogen and oxygen atoms in total. The van der Waals surface area contributed by atoms with Gasteiger partial charge in [-0.1, -0.05) is 0 Å². The molecule has 0 bridgehead atoms. The van der Waals surface area contributed by atoms with E-state index in [1.165, 1.54) is 22.3 Å². The number of rotatable bonds is 2. The van der Waals surface area contributed by atoms with Crippen LogP contribution < -0.4 is 5.32 Å². The number of amides is 1. The van der Waals surface area contributed by atoms with E-state index in [0.717, 1.165) is 5.56 Å². The molecule has 0 aromatic carbocycles. The van der Waals surface area contributed by atoms with Crippen LogP contribution in [0.25, 0.3) is 0 Å². The maximum Gasteiger partial charge on any atom is 0.259 e. The summed E-state index contributed by atoms with van der Waals surface area (Å²) >= 11 is 1.51. The number of thiophene rings is 1. The van der Waals surface area contributed by atoms with E-state index in [9.17, 15) is 4.79 Å². The van der Waals surface area contributed by atoms with Gasteiger partial charge in [-0.2, -0.15) is 21.4 Å². The summed E-state index contributed by atoms with van der Waals surface area (Å²) in [5.74, 6) is 0.301. The predicted octanol–water partition coefficient (Wildman–Crippen LogP) is 1.44. The van der Waals surface area contributed by atoms with Crippen molar-refractivity contribution in [3.8, 4) is 0 Å². The van der Waals surface area contributed by atoms with Gasteiger partial charge in [0.25, 0.3) is 5.91 Å². The van der Waals surface area contributed by atoms with Crippen molar-refractivity contribution in [3.63, 3.8) is 0 Å². The molecule has 0 spiro atoms. The van der Waals surface area contributed by atoms with Crippen molar-refractivity contribution in [1.82, 2.24) is 14.8 Å². The molecule has 0 unspecified atom stereocenters. The van der Waals surface area contributed by atoms with Crippen LogP contribution in [-0.2, 0) is 7.05 Å². The fourth-order valence-corrected chi connectivity index (χ4v) is 2.00. The van der Waals surface area contributed by atoms with Crippen LogP contribution in [0.2, 0.25) is 0 Å². The largest absolute Gasteiger partial charge is 0.291 e. The fraction of sp³-hybridized carbons (Fsp3) is 0.222. The van der Waals surface area contributed by atoms with Crippen molar-refractivity contribution >= 4 is 23.2 Å². The molecule has 15 heavy (non-hydrogen) atoms. The van der Waals surface area contributed by atoms with Crippen LogP contribution in [0.15, 0.2) is 17.1 Å². The molecule has 0 saturated heterocycles. The molecule has 0 aliphatic rings. The second-order valence-corrected chi connectivity index (χ2v) is 3.87. The molecule has 2 aromatic heterocycles. The standard InChI is InChI=1S/C9H10N4OS/c1-6-3-15-4-7(6)8(14)12-9-10-5-11-13(9)2/h3-5H,1-2H3,(H,10,11,12,14). The Morgan fingerprint density at radius 3 is 2.87 bits per heavy atom. The first-order chi connectivity index (χ1) is 7.18. The van der Waals surface area contributed by atoms with Gasteiger partial charge in [0.2, 0.25) is 5.95 Å². The van der Waals surface area contributed by atoms with Crippen LogP contribution in [0.1, 0.15) is 15.9 Å². The number of carbonyl (C=O) groups is 1. The van der Waals surface area contributed by atoms with Crippen molar-refractivity contribution < 1.29 is 4.79 Å². The molecule has 0 fully saturated rings. The van der Waals surface area contributed by atoms with Crippen molar-refractivity contribution in [1.29, 1.82) is 0 Å². The Hall–Kier alpha value is -1.69. The Morgan fingerprint density at radius 2 is 2.33 bits per heavy atom. The van der Waals surface area contributed by atoms with Crippen molar-refractivity contribution in [2.24, 2.45) is 7.05 Å². The third-order valence-corrected chi connectivity index (χ3v) is 2.90. The minimum atomic E-state index is -0.148. The number of hydrogen-bond acceptors (Lipinski definition) is 4. The number of aryl methyl sites for hydroxylation is 2. The Kier molecular flexibility index (Phi) is 2.51. The Labute approximate surface area is 90.8 Å². The molecule has 0 saturated carbocycles. The van der Waals surface area contributed by atoms with E-state index in [1.54, 1.807) is 7.05 Å². The first-order valence-corrected chi connectivity index (χ1v) is 5.31. The van der Waals surface area contributed by atoms with Gasteiger partial charge >= 0.3 is 0 Å². The molecule has 6 heteroatoms. The minimum absolute atomic E-state index is 0.148. The molecule has 0 atom stereocenters.